The zero-order chi connectivity index (χ0) is 12.5. The first-order chi connectivity index (χ1) is 7.20. The van der Waals surface area contributed by atoms with Gasteiger partial charge in [-0.1, -0.05) is 0 Å². The van der Waals surface area contributed by atoms with Gasteiger partial charge in [0.15, 0.2) is 5.69 Å². The van der Waals surface area contributed by atoms with Gasteiger partial charge in [-0.05, 0) is 15.9 Å². The van der Waals surface area contributed by atoms with Gasteiger partial charge in [0, 0.05) is 0 Å². The topological polar surface area (TPSA) is 52.1 Å². The molecule has 11 heavy (non-hydrogen) atoms. The molecule has 4 nitrogen and oxygen atoms in total. The lowest BCUT2D eigenvalue weighted by Crippen LogP contribution is -2.04. The molecule has 0 saturated carbocycles. The molecule has 1 rings (SSSR count). The van der Waals surface area contributed by atoms with Gasteiger partial charge in [0.25, 0.3) is 0 Å². The van der Waals surface area contributed by atoms with E-state index in [1.165, 1.54) is 0 Å². The number of carbonyl (C=O) groups is 1. The number of nitrogens with zero attached hydrogens (tertiary/aromatic N) is 2. The van der Waals surface area contributed by atoms with Crippen LogP contribution in [-0.4, -0.2) is 23.0 Å². The van der Waals surface area contributed by atoms with Gasteiger partial charge in [-0.2, -0.15) is 0 Å². The van der Waals surface area contributed by atoms with Crippen molar-refractivity contribution in [3.8, 4) is 0 Å². The van der Waals surface area contributed by atoms with Crippen LogP contribution in [-0.2, 0) is 4.74 Å². The molecule has 0 atom stereocenters. The van der Waals surface area contributed by atoms with Crippen LogP contribution >= 0.6 is 15.9 Å². The number of rotatable bonds is 1. The summed E-state index contributed by atoms with van der Waals surface area (Å²) >= 11 is 2.85. The van der Waals surface area contributed by atoms with Gasteiger partial charge in [-0.15, -0.1) is 0 Å². The second-order valence-electron chi connectivity index (χ2n) is 1.48. The van der Waals surface area contributed by atoms with E-state index in [0.29, 0.717) is 0 Å². The number of methoxy groups -OCH3 is 1. The molecule has 0 aliphatic heterocycles. The molecule has 1 aromatic rings. The summed E-state index contributed by atoms with van der Waals surface area (Å²) in [5.74, 6) is -1.31. The summed E-state index contributed by atoms with van der Waals surface area (Å²) in [6.45, 7) is 0. The van der Waals surface area contributed by atoms with E-state index in [2.05, 4.69) is 30.6 Å². The van der Waals surface area contributed by atoms with Crippen molar-refractivity contribution in [3.63, 3.8) is 0 Å². The molecule has 0 aliphatic rings. The Morgan fingerprint density at radius 2 is 2.64 bits per heavy atom. The third-order valence-electron chi connectivity index (χ3n) is 0.806. The Labute approximate surface area is 78.8 Å². The second-order valence-corrected chi connectivity index (χ2v) is 2.23. The fourth-order valence-electron chi connectivity index (χ4n) is 0.394. The van der Waals surface area contributed by atoms with E-state index in [1.54, 1.807) is 0 Å². The summed E-state index contributed by atoms with van der Waals surface area (Å²) < 4.78 is 38.6. The molecule has 1 heterocycles. The zero-order valence-electron chi connectivity index (χ0n) is 10.1. The summed E-state index contributed by atoms with van der Waals surface area (Å²) in [6, 6.07) is 0. The van der Waals surface area contributed by atoms with Crippen LogP contribution in [0.4, 0.5) is 0 Å². The van der Waals surface area contributed by atoms with E-state index in [0.717, 1.165) is 0 Å². The molecule has 0 spiro atoms. The Balaban J connectivity index is 3.05. The van der Waals surface area contributed by atoms with Crippen LogP contribution in [0.2, 0.25) is 0 Å². The van der Waals surface area contributed by atoms with Gasteiger partial charge < -0.3 is 4.74 Å². The number of ether oxygens (including phenoxy) is 1. The van der Waals surface area contributed by atoms with Gasteiger partial charge in [0.2, 0.25) is 0 Å². The van der Waals surface area contributed by atoms with Crippen LogP contribution in [0.1, 0.15) is 17.3 Å². The molecule has 0 unspecified atom stereocenters. The second kappa shape index (κ2) is 3.43. The van der Waals surface area contributed by atoms with E-state index in [-0.39, 0.29) is 10.8 Å². The van der Waals surface area contributed by atoms with Crippen LogP contribution in [0.25, 0.3) is 0 Å². The predicted molar refractivity (Wildman–Crippen MR) is 41.1 cm³/mol. The molecule has 0 aliphatic carbocycles. The quantitative estimate of drug-likeness (QED) is 0.665. The lowest BCUT2D eigenvalue weighted by Gasteiger charge is -1.95. The molecule has 0 fully saturated rings. The highest BCUT2D eigenvalue weighted by Crippen LogP contribution is 2.02. The molecule has 1 aromatic heterocycles. The molecular formula is C6H5BrN2O2. The lowest BCUT2D eigenvalue weighted by atomic mass is 10.5. The maximum atomic E-state index is 11.2. The fraction of sp³-hybridized carbons (Fsp3) is 0.167. The molecule has 0 amide bonds. The lowest BCUT2D eigenvalue weighted by molar-refractivity contribution is 0.0593. The average Bonchev–Trinajstić information content (AvgIpc) is 2.08. The molecule has 58 valence electrons. The minimum Gasteiger partial charge on any atom is -0.464 e. The van der Waals surface area contributed by atoms with Gasteiger partial charge in [-0.3, -0.25) is 0 Å². The van der Waals surface area contributed by atoms with Gasteiger partial charge in [0.1, 0.15) is 4.60 Å². The molecule has 0 bridgehead atoms. The monoisotopic (exact) mass is 221 g/mol. The van der Waals surface area contributed by atoms with Crippen molar-refractivity contribution in [2.24, 2.45) is 0 Å². The van der Waals surface area contributed by atoms with Crippen molar-refractivity contribution in [3.05, 3.63) is 22.6 Å². The molecular weight excluding hydrogens is 212 g/mol. The highest BCUT2D eigenvalue weighted by molar-refractivity contribution is 9.10. The Kier molecular flexibility index (Phi) is 1.13. The summed E-state index contributed by atoms with van der Waals surface area (Å²) in [7, 11) is -2.92. The van der Waals surface area contributed by atoms with Crippen molar-refractivity contribution in [1.82, 2.24) is 9.97 Å². The van der Waals surface area contributed by atoms with Crippen molar-refractivity contribution < 1.29 is 16.4 Å². The van der Waals surface area contributed by atoms with Crippen molar-refractivity contribution in [2.45, 2.75) is 0 Å². The highest BCUT2D eigenvalue weighted by atomic mass is 79.9. The summed E-state index contributed by atoms with van der Waals surface area (Å²) in [5.41, 5.74) is -0.607. The number of halogens is 1. The smallest absolute Gasteiger partial charge is 0.358 e. The Morgan fingerprint density at radius 1 is 1.82 bits per heavy atom. The molecule has 0 radical (unpaired) electrons. The average molecular weight is 222 g/mol. The van der Waals surface area contributed by atoms with Crippen LogP contribution in [0, 0.1) is 0 Å². The first kappa shape index (κ1) is 3.62. The Morgan fingerprint density at radius 3 is 3.36 bits per heavy atom. The predicted octanol–water partition coefficient (Wildman–Crippen LogP) is 1.03. The van der Waals surface area contributed by atoms with E-state index < -0.39 is 24.9 Å². The largest absolute Gasteiger partial charge is 0.464 e. The highest BCUT2D eigenvalue weighted by Gasteiger charge is 2.05. The fourth-order valence-corrected chi connectivity index (χ4v) is 0.571. The molecule has 5 heteroatoms. The van der Waals surface area contributed by atoms with Gasteiger partial charge in [0.05, 0.1) is 26.2 Å². The normalized spacial score (nSPS) is 17.0. The van der Waals surface area contributed by atoms with E-state index in [9.17, 15) is 4.79 Å². The van der Waals surface area contributed by atoms with E-state index >= 15 is 0 Å². The molecule has 0 N–H and O–H groups in total. The van der Waals surface area contributed by atoms with Gasteiger partial charge >= 0.3 is 5.97 Å². The summed E-state index contributed by atoms with van der Waals surface area (Å²) in [4.78, 5) is 18.1. The first-order valence-electron chi connectivity index (χ1n) is 4.95. The number of hydrogen-bond acceptors (Lipinski definition) is 4. The van der Waals surface area contributed by atoms with Crippen molar-refractivity contribution in [1.29, 1.82) is 0 Å². The Bertz CT molecular complexity index is 436. The Hall–Kier alpha value is -0.970. The third kappa shape index (κ3) is 1.98. The van der Waals surface area contributed by atoms with Crippen LogP contribution < -0.4 is 0 Å². The van der Waals surface area contributed by atoms with E-state index in [4.69, 9.17) is 6.85 Å². The summed E-state index contributed by atoms with van der Waals surface area (Å²) in [5, 5.41) is 0. The first-order valence-corrected chi connectivity index (χ1v) is 3.24. The summed E-state index contributed by atoms with van der Waals surface area (Å²) in [6.07, 6.45) is -0.939. The molecule has 0 aromatic carbocycles. The number of aromatic nitrogens is 2. The maximum Gasteiger partial charge on any atom is 0.358 e. The molecule has 0 saturated heterocycles. The van der Waals surface area contributed by atoms with E-state index in [1.807, 2.05) is 0 Å². The standard InChI is InChI=1S/C6H5BrN2O2/c1-11-6(10)4-2-9-5(7)3-8-4/h2-3H,1H3/i1D3,2D,3D. The SMILES string of the molecule is [2H]c1nc(C(=O)OC([2H])([2H])[2H])c([2H])nc1Br. The minimum atomic E-state index is -2.92. The van der Waals surface area contributed by atoms with Crippen LogP contribution in [0.3, 0.4) is 0 Å². The zero-order valence-corrected chi connectivity index (χ0v) is 6.67. The van der Waals surface area contributed by atoms with Crippen molar-refractivity contribution in [2.75, 3.05) is 7.04 Å². The maximum absolute atomic E-state index is 11.2. The number of carbonyl (C=O) groups excluding carboxylic acids is 1. The number of esters is 1. The number of hydrogen-bond donors (Lipinski definition) is 0. The third-order valence-corrected chi connectivity index (χ3v) is 1.16. The van der Waals surface area contributed by atoms with Crippen LogP contribution in [0.5, 0.6) is 0 Å². The minimum absolute atomic E-state index is 0.0112. The van der Waals surface area contributed by atoms with Crippen molar-refractivity contribution >= 4 is 21.9 Å². The van der Waals surface area contributed by atoms with Gasteiger partial charge in [-0.25, -0.2) is 14.8 Å². The van der Waals surface area contributed by atoms with Crippen LogP contribution in [0.15, 0.2) is 16.9 Å².